The van der Waals surface area contributed by atoms with Crippen LogP contribution >= 0.6 is 0 Å². The second kappa shape index (κ2) is 11.0. The molecule has 2 atom stereocenters. The van der Waals surface area contributed by atoms with Crippen molar-refractivity contribution in [2.75, 3.05) is 38.0 Å². The Hall–Kier alpha value is -2.61. The van der Waals surface area contributed by atoms with E-state index >= 15 is 0 Å². The average Bonchev–Trinajstić information content (AvgIpc) is 2.74. The van der Waals surface area contributed by atoms with Crippen molar-refractivity contribution >= 4 is 23.6 Å². The maximum absolute atomic E-state index is 12.9. The summed E-state index contributed by atoms with van der Waals surface area (Å²) >= 11 is 0. The first kappa shape index (κ1) is 25.0. The lowest BCUT2D eigenvalue weighted by atomic mass is 9.96. The molecule has 2 N–H and O–H groups in total. The third-order valence-corrected chi connectivity index (χ3v) is 6.00. The largest absolute Gasteiger partial charge is 0.444 e. The molecular weight excluding hydrogens is 420 g/mol. The number of anilines is 1. The lowest BCUT2D eigenvalue weighted by Crippen LogP contribution is -2.53. The lowest BCUT2D eigenvalue weighted by molar-refractivity contribution is -0.127. The molecule has 2 saturated heterocycles. The van der Waals surface area contributed by atoms with Gasteiger partial charge < -0.3 is 20.3 Å². The number of nitrogens with zero attached hydrogens (tertiary/aromatic N) is 2. The van der Waals surface area contributed by atoms with Gasteiger partial charge in [-0.25, -0.2) is 4.79 Å². The molecule has 0 aliphatic carbocycles. The van der Waals surface area contributed by atoms with Crippen LogP contribution in [0.5, 0.6) is 0 Å². The molecule has 2 heterocycles. The second-order valence-electron chi connectivity index (χ2n) is 10.3. The number of hydrogen-bond donors (Lipinski definition) is 2. The Morgan fingerprint density at radius 2 is 1.73 bits per heavy atom. The van der Waals surface area contributed by atoms with Crippen molar-refractivity contribution < 1.29 is 19.1 Å². The fourth-order valence-corrected chi connectivity index (χ4v) is 4.36. The maximum atomic E-state index is 12.9. The lowest BCUT2D eigenvalue weighted by Gasteiger charge is -2.36. The van der Waals surface area contributed by atoms with E-state index in [1.54, 1.807) is 4.90 Å². The van der Waals surface area contributed by atoms with Gasteiger partial charge in [-0.3, -0.25) is 14.5 Å². The standard InChI is InChI=1S/C25H38N4O4/c1-18-9-11-20(12-10-18)26-22(30)17-28-13-6-8-21(16-28)27-23(31)19-7-5-14-29(15-19)24(32)33-25(2,3)4/h9-12,19,21H,5-8,13-17H2,1-4H3,(H,26,30)(H,27,31)/t19-,21+/m0/s1. The van der Waals surface area contributed by atoms with E-state index in [9.17, 15) is 14.4 Å². The minimum Gasteiger partial charge on any atom is -0.444 e. The molecular formula is C25H38N4O4. The second-order valence-corrected chi connectivity index (χ2v) is 10.3. The molecule has 2 aliphatic rings. The smallest absolute Gasteiger partial charge is 0.410 e. The molecule has 1 aromatic rings. The molecule has 2 aliphatic heterocycles. The molecule has 0 saturated carbocycles. The topological polar surface area (TPSA) is 91.0 Å². The van der Waals surface area contributed by atoms with Gasteiger partial charge in [-0.05, 0) is 72.1 Å². The molecule has 0 bridgehead atoms. The highest BCUT2D eigenvalue weighted by atomic mass is 16.6. The maximum Gasteiger partial charge on any atom is 0.410 e. The van der Waals surface area contributed by atoms with Crippen molar-refractivity contribution in [3.8, 4) is 0 Å². The third kappa shape index (κ3) is 8.03. The Morgan fingerprint density at radius 1 is 1.03 bits per heavy atom. The normalized spacial score (nSPS) is 21.9. The first-order valence-electron chi connectivity index (χ1n) is 12.0. The fourth-order valence-electron chi connectivity index (χ4n) is 4.36. The monoisotopic (exact) mass is 458 g/mol. The number of amides is 3. The van der Waals surface area contributed by atoms with Gasteiger partial charge in [0.2, 0.25) is 11.8 Å². The molecule has 0 unspecified atom stereocenters. The number of carbonyl (C=O) groups is 3. The third-order valence-electron chi connectivity index (χ3n) is 6.00. The summed E-state index contributed by atoms with van der Waals surface area (Å²) in [4.78, 5) is 41.5. The Balaban J connectivity index is 1.46. The predicted molar refractivity (Wildman–Crippen MR) is 128 cm³/mol. The first-order valence-corrected chi connectivity index (χ1v) is 12.0. The summed E-state index contributed by atoms with van der Waals surface area (Å²) in [5.41, 5.74) is 1.39. The van der Waals surface area contributed by atoms with Crippen LogP contribution in [0.4, 0.5) is 10.5 Å². The van der Waals surface area contributed by atoms with E-state index in [4.69, 9.17) is 4.74 Å². The summed E-state index contributed by atoms with van der Waals surface area (Å²) in [6, 6.07) is 7.75. The summed E-state index contributed by atoms with van der Waals surface area (Å²) in [5, 5.41) is 6.10. The zero-order valence-corrected chi connectivity index (χ0v) is 20.4. The molecule has 33 heavy (non-hydrogen) atoms. The number of likely N-dealkylation sites (tertiary alicyclic amines) is 2. The van der Waals surface area contributed by atoms with Crippen molar-refractivity contribution in [3.05, 3.63) is 29.8 Å². The van der Waals surface area contributed by atoms with Gasteiger partial charge in [0, 0.05) is 31.4 Å². The van der Waals surface area contributed by atoms with Gasteiger partial charge in [-0.2, -0.15) is 0 Å². The molecule has 0 radical (unpaired) electrons. The fraction of sp³-hybridized carbons (Fsp3) is 0.640. The van der Waals surface area contributed by atoms with Crippen LogP contribution in [-0.2, 0) is 14.3 Å². The Bertz CT molecular complexity index is 834. The Labute approximate surface area is 197 Å². The van der Waals surface area contributed by atoms with Gasteiger partial charge in [0.25, 0.3) is 0 Å². The first-order chi connectivity index (χ1) is 15.6. The van der Waals surface area contributed by atoms with Crippen LogP contribution in [0, 0.1) is 12.8 Å². The number of aryl methyl sites for hydroxylation is 1. The number of hydrogen-bond acceptors (Lipinski definition) is 5. The molecule has 2 fully saturated rings. The highest BCUT2D eigenvalue weighted by molar-refractivity contribution is 5.92. The van der Waals surface area contributed by atoms with Crippen molar-refractivity contribution in [1.82, 2.24) is 15.1 Å². The van der Waals surface area contributed by atoms with E-state index in [0.717, 1.165) is 43.5 Å². The van der Waals surface area contributed by atoms with Crippen LogP contribution in [0.2, 0.25) is 0 Å². The minimum absolute atomic E-state index is 0.00956. The van der Waals surface area contributed by atoms with Crippen LogP contribution in [-0.4, -0.2) is 72.1 Å². The average molecular weight is 459 g/mol. The van der Waals surface area contributed by atoms with Gasteiger partial charge in [0.15, 0.2) is 0 Å². The van der Waals surface area contributed by atoms with Gasteiger partial charge in [0.05, 0.1) is 12.5 Å². The number of ether oxygens (including phenoxy) is 1. The zero-order valence-electron chi connectivity index (χ0n) is 20.4. The zero-order chi connectivity index (χ0) is 24.0. The molecule has 3 amide bonds. The van der Waals surface area contributed by atoms with E-state index in [0.29, 0.717) is 26.2 Å². The van der Waals surface area contributed by atoms with E-state index in [-0.39, 0.29) is 29.9 Å². The summed E-state index contributed by atoms with van der Waals surface area (Å²) in [7, 11) is 0. The molecule has 182 valence electrons. The van der Waals surface area contributed by atoms with Gasteiger partial charge in [-0.1, -0.05) is 17.7 Å². The van der Waals surface area contributed by atoms with Crippen molar-refractivity contribution in [1.29, 1.82) is 0 Å². The van der Waals surface area contributed by atoms with E-state index in [2.05, 4.69) is 15.5 Å². The van der Waals surface area contributed by atoms with Gasteiger partial charge >= 0.3 is 6.09 Å². The Morgan fingerprint density at radius 3 is 2.42 bits per heavy atom. The van der Waals surface area contributed by atoms with E-state index in [1.165, 1.54) is 0 Å². The SMILES string of the molecule is Cc1ccc(NC(=O)CN2CCC[C@@H](NC(=O)[C@H]3CCCN(C(=O)OC(C)(C)C)C3)C2)cc1. The molecule has 8 heteroatoms. The van der Waals surface area contributed by atoms with E-state index < -0.39 is 5.60 Å². The summed E-state index contributed by atoms with van der Waals surface area (Å²) in [6.45, 7) is 10.3. The van der Waals surface area contributed by atoms with Crippen LogP contribution < -0.4 is 10.6 Å². The minimum atomic E-state index is -0.552. The van der Waals surface area contributed by atoms with Gasteiger partial charge in [-0.15, -0.1) is 0 Å². The van der Waals surface area contributed by atoms with Crippen LogP contribution in [0.15, 0.2) is 24.3 Å². The predicted octanol–water partition coefficient (Wildman–Crippen LogP) is 3.16. The Kier molecular flexibility index (Phi) is 8.35. The number of carbonyl (C=O) groups excluding carboxylic acids is 3. The number of piperidine rings is 2. The molecule has 1 aromatic carbocycles. The van der Waals surface area contributed by atoms with Crippen LogP contribution in [0.25, 0.3) is 0 Å². The van der Waals surface area contributed by atoms with E-state index in [1.807, 2.05) is 52.0 Å². The van der Waals surface area contributed by atoms with Crippen molar-refractivity contribution in [2.45, 2.75) is 65.0 Å². The molecule has 0 aromatic heterocycles. The summed E-state index contributed by atoms with van der Waals surface area (Å²) in [6.07, 6.45) is 3.01. The number of benzene rings is 1. The van der Waals surface area contributed by atoms with Crippen molar-refractivity contribution in [3.63, 3.8) is 0 Å². The summed E-state index contributed by atoms with van der Waals surface area (Å²) in [5.74, 6) is -0.295. The molecule has 0 spiro atoms. The number of nitrogens with one attached hydrogen (secondary N) is 2. The van der Waals surface area contributed by atoms with Crippen molar-refractivity contribution in [2.24, 2.45) is 5.92 Å². The highest BCUT2D eigenvalue weighted by Crippen LogP contribution is 2.20. The quantitative estimate of drug-likeness (QED) is 0.707. The molecule has 8 nitrogen and oxygen atoms in total. The molecule has 3 rings (SSSR count). The highest BCUT2D eigenvalue weighted by Gasteiger charge is 2.32. The summed E-state index contributed by atoms with van der Waals surface area (Å²) < 4.78 is 5.47. The van der Waals surface area contributed by atoms with Crippen LogP contribution in [0.1, 0.15) is 52.0 Å². The number of rotatable bonds is 5. The van der Waals surface area contributed by atoms with Gasteiger partial charge in [0.1, 0.15) is 5.60 Å². The van der Waals surface area contributed by atoms with Crippen LogP contribution in [0.3, 0.4) is 0 Å².